The molecule has 4 rings (SSSR count). The predicted molar refractivity (Wildman–Crippen MR) is 137 cm³/mol. The van der Waals surface area contributed by atoms with Crippen LogP contribution in [0.2, 0.25) is 0 Å². The van der Waals surface area contributed by atoms with Gasteiger partial charge in [-0.3, -0.25) is 0 Å². The van der Waals surface area contributed by atoms with Crippen LogP contribution in [0, 0.1) is 0 Å². The second-order valence-corrected chi connectivity index (χ2v) is 7.64. The van der Waals surface area contributed by atoms with Crippen LogP contribution in [0.3, 0.4) is 0 Å². The Morgan fingerprint density at radius 1 is 0.441 bits per heavy atom. The Morgan fingerprint density at radius 2 is 0.735 bits per heavy atom. The van der Waals surface area contributed by atoms with Crippen LogP contribution in [0.1, 0.15) is 27.7 Å². The van der Waals surface area contributed by atoms with Crippen LogP contribution >= 0.6 is 0 Å². The molecule has 0 N–H and O–H groups in total. The van der Waals surface area contributed by atoms with Crippen LogP contribution in [0.25, 0.3) is 32.3 Å². The normalized spacial score (nSPS) is 11.1. The maximum Gasteiger partial charge on any atom is 0.161 e. The fourth-order valence-electron chi connectivity index (χ4n) is 4.49. The summed E-state index contributed by atoms with van der Waals surface area (Å²) in [6.07, 6.45) is 0. The molecule has 0 amide bonds. The number of rotatable bonds is 10. The van der Waals surface area contributed by atoms with Crippen LogP contribution in [-0.2, 0) is 0 Å². The van der Waals surface area contributed by atoms with Crippen molar-refractivity contribution in [3.8, 4) is 34.5 Å². The molecule has 0 unspecified atom stereocenters. The first kappa shape index (κ1) is 23.6. The zero-order chi connectivity index (χ0) is 24.2. The van der Waals surface area contributed by atoms with Crippen molar-refractivity contribution in [1.82, 2.24) is 0 Å². The Labute approximate surface area is 200 Å². The number of fused-ring (bicyclic) bond motifs is 6. The third-order valence-corrected chi connectivity index (χ3v) is 5.76. The molecular formula is C28H32O6. The Bertz CT molecular complexity index is 1230. The average molecular weight is 465 g/mol. The molecule has 0 aliphatic carbocycles. The van der Waals surface area contributed by atoms with E-state index in [4.69, 9.17) is 28.4 Å². The molecule has 6 heteroatoms. The van der Waals surface area contributed by atoms with Crippen LogP contribution < -0.4 is 28.4 Å². The first-order chi connectivity index (χ1) is 16.6. The van der Waals surface area contributed by atoms with Crippen LogP contribution in [0.15, 0.2) is 36.4 Å². The number of hydrogen-bond donors (Lipinski definition) is 0. The second-order valence-electron chi connectivity index (χ2n) is 7.64. The zero-order valence-corrected chi connectivity index (χ0v) is 20.7. The highest BCUT2D eigenvalue weighted by Crippen LogP contribution is 2.49. The van der Waals surface area contributed by atoms with E-state index in [1.54, 1.807) is 14.2 Å². The van der Waals surface area contributed by atoms with E-state index in [2.05, 4.69) is 0 Å². The Morgan fingerprint density at radius 3 is 1.00 bits per heavy atom. The molecule has 0 atom stereocenters. The lowest BCUT2D eigenvalue weighted by molar-refractivity contribution is 0.288. The fraction of sp³-hybridized carbons (Fsp3) is 0.357. The smallest absolute Gasteiger partial charge is 0.161 e. The van der Waals surface area contributed by atoms with Gasteiger partial charge in [0.05, 0.1) is 40.6 Å². The molecule has 0 saturated heterocycles. The monoisotopic (exact) mass is 464 g/mol. The van der Waals surface area contributed by atoms with Gasteiger partial charge in [-0.15, -0.1) is 0 Å². The van der Waals surface area contributed by atoms with E-state index in [9.17, 15) is 0 Å². The Kier molecular flexibility index (Phi) is 7.06. The van der Waals surface area contributed by atoms with Crippen LogP contribution in [0.4, 0.5) is 0 Å². The van der Waals surface area contributed by atoms with Gasteiger partial charge in [0.15, 0.2) is 23.0 Å². The lowest BCUT2D eigenvalue weighted by Crippen LogP contribution is -2.01. The summed E-state index contributed by atoms with van der Waals surface area (Å²) in [5.74, 6) is 4.29. The van der Waals surface area contributed by atoms with Crippen molar-refractivity contribution in [1.29, 1.82) is 0 Å². The fourth-order valence-corrected chi connectivity index (χ4v) is 4.49. The summed E-state index contributed by atoms with van der Waals surface area (Å²) in [6, 6.07) is 12.0. The topological polar surface area (TPSA) is 55.4 Å². The molecular weight excluding hydrogens is 432 g/mol. The number of methoxy groups -OCH3 is 2. The number of hydrogen-bond acceptors (Lipinski definition) is 6. The number of benzene rings is 4. The maximum atomic E-state index is 5.96. The first-order valence-corrected chi connectivity index (χ1v) is 11.7. The molecule has 34 heavy (non-hydrogen) atoms. The third-order valence-electron chi connectivity index (χ3n) is 5.76. The predicted octanol–water partition coefficient (Wildman–Crippen LogP) is 6.76. The molecule has 0 fully saturated rings. The summed E-state index contributed by atoms with van der Waals surface area (Å²) < 4.78 is 35.5. The lowest BCUT2D eigenvalue weighted by Gasteiger charge is -2.20. The summed E-state index contributed by atoms with van der Waals surface area (Å²) in [4.78, 5) is 0. The van der Waals surface area contributed by atoms with Gasteiger partial charge in [-0.05, 0) is 85.6 Å². The SMILES string of the molecule is CCOc1cc2c3cc(OCC)c(OCC)cc3c3c(OC)ccc(OC)c3c2cc1OCC. The van der Waals surface area contributed by atoms with Crippen molar-refractivity contribution in [3.63, 3.8) is 0 Å². The van der Waals surface area contributed by atoms with E-state index in [-0.39, 0.29) is 0 Å². The molecule has 6 nitrogen and oxygen atoms in total. The minimum absolute atomic E-state index is 0.532. The Hall–Kier alpha value is -3.54. The van der Waals surface area contributed by atoms with Crippen molar-refractivity contribution in [2.45, 2.75) is 27.7 Å². The van der Waals surface area contributed by atoms with E-state index in [1.165, 1.54) is 0 Å². The van der Waals surface area contributed by atoms with Crippen LogP contribution in [0.5, 0.6) is 34.5 Å². The van der Waals surface area contributed by atoms with Gasteiger partial charge in [-0.1, -0.05) is 0 Å². The molecule has 4 aromatic carbocycles. The lowest BCUT2D eigenvalue weighted by atomic mass is 9.92. The van der Waals surface area contributed by atoms with Crippen molar-refractivity contribution >= 4 is 32.3 Å². The highest BCUT2D eigenvalue weighted by Gasteiger charge is 2.21. The molecule has 0 bridgehead atoms. The summed E-state index contributed by atoms with van der Waals surface area (Å²) in [5, 5.41) is 5.86. The highest BCUT2D eigenvalue weighted by molar-refractivity contribution is 6.29. The quantitative estimate of drug-likeness (QED) is 0.242. The molecule has 180 valence electrons. The minimum atomic E-state index is 0.532. The summed E-state index contributed by atoms with van der Waals surface area (Å²) in [6.45, 7) is 9.99. The summed E-state index contributed by atoms with van der Waals surface area (Å²) in [5.41, 5.74) is 0. The van der Waals surface area contributed by atoms with Crippen molar-refractivity contribution in [2.75, 3.05) is 40.6 Å². The summed E-state index contributed by atoms with van der Waals surface area (Å²) in [7, 11) is 3.36. The minimum Gasteiger partial charge on any atom is -0.496 e. The third kappa shape index (κ3) is 3.98. The van der Waals surface area contributed by atoms with E-state index in [0.29, 0.717) is 49.4 Å². The van der Waals surface area contributed by atoms with Crippen molar-refractivity contribution in [3.05, 3.63) is 36.4 Å². The molecule has 0 saturated carbocycles. The molecule has 0 spiro atoms. The van der Waals surface area contributed by atoms with Gasteiger partial charge in [0.1, 0.15) is 11.5 Å². The Balaban J connectivity index is 2.28. The molecule has 4 aromatic rings. The van der Waals surface area contributed by atoms with Crippen LogP contribution in [-0.4, -0.2) is 40.6 Å². The number of ether oxygens (including phenoxy) is 6. The van der Waals surface area contributed by atoms with E-state index in [0.717, 1.165) is 43.8 Å². The van der Waals surface area contributed by atoms with Gasteiger partial charge in [0.25, 0.3) is 0 Å². The van der Waals surface area contributed by atoms with Crippen molar-refractivity contribution in [2.24, 2.45) is 0 Å². The van der Waals surface area contributed by atoms with Gasteiger partial charge >= 0.3 is 0 Å². The van der Waals surface area contributed by atoms with E-state index < -0.39 is 0 Å². The molecule has 0 radical (unpaired) electrons. The highest BCUT2D eigenvalue weighted by atomic mass is 16.5. The van der Waals surface area contributed by atoms with Gasteiger partial charge in [-0.25, -0.2) is 0 Å². The van der Waals surface area contributed by atoms with E-state index >= 15 is 0 Å². The van der Waals surface area contributed by atoms with Gasteiger partial charge in [0.2, 0.25) is 0 Å². The average Bonchev–Trinajstić information content (AvgIpc) is 2.85. The standard InChI is InChI=1S/C28H32O6/c1-7-31-23-13-17-18-14-24(32-8-2)26(34-10-4)16-20(18)28-22(30-6)12-11-21(29-5)27(28)19(17)15-25(23)33-9-3/h11-16H,7-10H2,1-6H3. The first-order valence-electron chi connectivity index (χ1n) is 11.7. The molecule has 0 aliphatic heterocycles. The van der Waals surface area contributed by atoms with Gasteiger partial charge < -0.3 is 28.4 Å². The van der Waals surface area contributed by atoms with E-state index in [1.807, 2.05) is 64.1 Å². The molecule has 0 aliphatic rings. The maximum absolute atomic E-state index is 5.96. The largest absolute Gasteiger partial charge is 0.496 e. The van der Waals surface area contributed by atoms with Gasteiger partial charge in [-0.2, -0.15) is 0 Å². The second kappa shape index (κ2) is 10.2. The van der Waals surface area contributed by atoms with Crippen molar-refractivity contribution < 1.29 is 28.4 Å². The molecule has 0 heterocycles. The summed E-state index contributed by atoms with van der Waals surface area (Å²) >= 11 is 0. The van der Waals surface area contributed by atoms with Gasteiger partial charge in [0, 0.05) is 10.8 Å². The zero-order valence-electron chi connectivity index (χ0n) is 20.7. The molecule has 0 aromatic heterocycles.